The number of methoxy groups -OCH3 is 3. The summed E-state index contributed by atoms with van der Waals surface area (Å²) >= 11 is 0. The van der Waals surface area contributed by atoms with Crippen LogP contribution in [0.4, 0.5) is 5.82 Å². The summed E-state index contributed by atoms with van der Waals surface area (Å²) in [5.41, 5.74) is 11.2. The number of hydrogen-bond donors (Lipinski definition) is 1. The predicted molar refractivity (Wildman–Crippen MR) is 121 cm³/mol. The molecule has 5 heteroatoms. The third kappa shape index (κ3) is 3.39. The van der Waals surface area contributed by atoms with Crippen molar-refractivity contribution in [2.45, 2.75) is 6.92 Å². The van der Waals surface area contributed by atoms with Crippen molar-refractivity contribution < 1.29 is 14.2 Å². The number of hydrogen-bond acceptors (Lipinski definition) is 5. The fourth-order valence-electron chi connectivity index (χ4n) is 3.72. The fourth-order valence-corrected chi connectivity index (χ4v) is 3.72. The number of nitrogens with zero attached hydrogens (tertiary/aromatic N) is 1. The maximum absolute atomic E-state index is 6.38. The van der Waals surface area contributed by atoms with Gasteiger partial charge in [0.05, 0.1) is 27.0 Å². The highest BCUT2D eigenvalue weighted by Crippen LogP contribution is 2.42. The van der Waals surface area contributed by atoms with Crippen LogP contribution in [0.2, 0.25) is 0 Å². The summed E-state index contributed by atoms with van der Waals surface area (Å²) < 4.78 is 16.4. The van der Waals surface area contributed by atoms with E-state index in [-0.39, 0.29) is 0 Å². The molecule has 0 amide bonds. The predicted octanol–water partition coefficient (Wildman–Crippen LogP) is 5.49. The number of anilines is 1. The highest BCUT2D eigenvalue weighted by molar-refractivity contribution is 6.07. The summed E-state index contributed by atoms with van der Waals surface area (Å²) in [4.78, 5) is 4.80. The largest absolute Gasteiger partial charge is 0.497 e. The van der Waals surface area contributed by atoms with E-state index >= 15 is 0 Å². The molecule has 3 aromatic carbocycles. The molecule has 1 heterocycles. The number of aryl methyl sites for hydroxylation is 1. The molecule has 0 aliphatic carbocycles. The first-order chi connectivity index (χ1) is 14.5. The number of rotatable bonds is 5. The third-order valence-electron chi connectivity index (χ3n) is 5.20. The van der Waals surface area contributed by atoms with Crippen LogP contribution in [0.1, 0.15) is 5.56 Å². The van der Waals surface area contributed by atoms with Gasteiger partial charge in [-0.3, -0.25) is 0 Å². The summed E-state index contributed by atoms with van der Waals surface area (Å²) in [5, 5.41) is 1.96. The molecule has 0 unspecified atom stereocenters. The second-order valence-electron chi connectivity index (χ2n) is 7.07. The summed E-state index contributed by atoms with van der Waals surface area (Å²) in [5.74, 6) is 2.56. The van der Waals surface area contributed by atoms with Crippen molar-refractivity contribution in [2.24, 2.45) is 0 Å². The lowest BCUT2D eigenvalue weighted by Crippen LogP contribution is -2.00. The third-order valence-corrected chi connectivity index (χ3v) is 5.20. The van der Waals surface area contributed by atoms with Crippen LogP contribution in [0.15, 0.2) is 60.7 Å². The zero-order chi connectivity index (χ0) is 21.3. The van der Waals surface area contributed by atoms with Gasteiger partial charge in [0.1, 0.15) is 11.6 Å². The van der Waals surface area contributed by atoms with Crippen LogP contribution in [-0.4, -0.2) is 26.3 Å². The lowest BCUT2D eigenvalue weighted by Gasteiger charge is -2.17. The Hall–Kier alpha value is -3.73. The topological polar surface area (TPSA) is 66.6 Å². The van der Waals surface area contributed by atoms with Gasteiger partial charge in [0.15, 0.2) is 11.5 Å². The summed E-state index contributed by atoms with van der Waals surface area (Å²) in [6, 6.07) is 20.0. The second kappa shape index (κ2) is 7.95. The van der Waals surface area contributed by atoms with Gasteiger partial charge >= 0.3 is 0 Å². The molecular formula is C25H24N2O3. The van der Waals surface area contributed by atoms with E-state index in [1.165, 1.54) is 0 Å². The minimum absolute atomic E-state index is 0.487. The molecule has 0 fully saturated rings. The Balaban J connectivity index is 2.09. The molecule has 0 aliphatic rings. The van der Waals surface area contributed by atoms with Crippen molar-refractivity contribution in [2.75, 3.05) is 27.1 Å². The number of benzene rings is 3. The van der Waals surface area contributed by atoms with Gasteiger partial charge in [0.2, 0.25) is 0 Å². The zero-order valence-electron chi connectivity index (χ0n) is 17.5. The van der Waals surface area contributed by atoms with Crippen molar-refractivity contribution in [3.8, 4) is 39.6 Å². The minimum atomic E-state index is 0.487. The Morgan fingerprint density at radius 1 is 0.733 bits per heavy atom. The lowest BCUT2D eigenvalue weighted by atomic mass is 9.92. The minimum Gasteiger partial charge on any atom is -0.497 e. The average Bonchev–Trinajstić information content (AvgIpc) is 2.78. The molecule has 0 aliphatic heterocycles. The first-order valence-electron chi connectivity index (χ1n) is 9.62. The lowest BCUT2D eigenvalue weighted by molar-refractivity contribution is 0.355. The van der Waals surface area contributed by atoms with E-state index in [0.29, 0.717) is 17.3 Å². The van der Waals surface area contributed by atoms with Gasteiger partial charge in [-0.15, -0.1) is 0 Å². The highest BCUT2D eigenvalue weighted by Gasteiger charge is 2.18. The molecule has 1 aromatic heterocycles. The van der Waals surface area contributed by atoms with Crippen LogP contribution in [0.25, 0.3) is 33.2 Å². The number of pyridine rings is 1. The maximum atomic E-state index is 6.38. The molecule has 0 bridgehead atoms. The molecule has 2 N–H and O–H groups in total. The Kier molecular flexibility index (Phi) is 5.19. The SMILES string of the molecule is COc1cccc(-c2c(-c3ccc(OC)c(OC)c3)nc(N)c3ccc(C)cc23)c1. The van der Waals surface area contributed by atoms with Crippen LogP contribution in [-0.2, 0) is 0 Å². The first kappa shape index (κ1) is 19.6. The fraction of sp³-hybridized carbons (Fsp3) is 0.160. The van der Waals surface area contributed by atoms with Crippen molar-refractivity contribution in [1.82, 2.24) is 4.98 Å². The maximum Gasteiger partial charge on any atom is 0.161 e. The molecule has 4 rings (SSSR count). The van der Waals surface area contributed by atoms with E-state index < -0.39 is 0 Å². The van der Waals surface area contributed by atoms with Crippen LogP contribution in [0.5, 0.6) is 17.2 Å². The van der Waals surface area contributed by atoms with Gasteiger partial charge in [-0.1, -0.05) is 35.9 Å². The number of fused-ring (bicyclic) bond motifs is 1. The van der Waals surface area contributed by atoms with Crippen molar-refractivity contribution in [3.63, 3.8) is 0 Å². The van der Waals surface area contributed by atoms with E-state index in [0.717, 1.165) is 44.5 Å². The molecule has 0 saturated heterocycles. The van der Waals surface area contributed by atoms with Crippen molar-refractivity contribution >= 4 is 16.6 Å². The van der Waals surface area contributed by atoms with E-state index in [9.17, 15) is 0 Å². The van der Waals surface area contributed by atoms with Gasteiger partial charge in [-0.05, 0) is 48.2 Å². The molecule has 30 heavy (non-hydrogen) atoms. The van der Waals surface area contributed by atoms with Gasteiger partial charge in [0.25, 0.3) is 0 Å². The summed E-state index contributed by atoms with van der Waals surface area (Å²) in [6.45, 7) is 2.07. The second-order valence-corrected chi connectivity index (χ2v) is 7.07. The van der Waals surface area contributed by atoms with Gasteiger partial charge < -0.3 is 19.9 Å². The Morgan fingerprint density at radius 3 is 2.27 bits per heavy atom. The number of aromatic nitrogens is 1. The van der Waals surface area contributed by atoms with Crippen LogP contribution in [0, 0.1) is 6.92 Å². The van der Waals surface area contributed by atoms with E-state index in [2.05, 4.69) is 19.1 Å². The van der Waals surface area contributed by atoms with Crippen molar-refractivity contribution in [1.29, 1.82) is 0 Å². The summed E-state index contributed by atoms with van der Waals surface area (Å²) in [6.07, 6.45) is 0. The molecule has 5 nitrogen and oxygen atoms in total. The molecule has 0 saturated carbocycles. The van der Waals surface area contributed by atoms with Crippen LogP contribution >= 0.6 is 0 Å². The van der Waals surface area contributed by atoms with Gasteiger partial charge in [0, 0.05) is 16.5 Å². The number of nitrogens with two attached hydrogens (primary N) is 1. The molecule has 0 spiro atoms. The standard InChI is InChI=1S/C25H24N2O3/c1-15-8-10-19-20(12-15)23(16-6-5-7-18(13-16)28-2)24(27-25(19)26)17-9-11-21(29-3)22(14-17)30-4/h5-14H,1-4H3,(H2,26,27). The normalized spacial score (nSPS) is 10.8. The van der Waals surface area contributed by atoms with Crippen LogP contribution < -0.4 is 19.9 Å². The van der Waals surface area contributed by atoms with E-state index in [4.69, 9.17) is 24.9 Å². The highest BCUT2D eigenvalue weighted by atomic mass is 16.5. The van der Waals surface area contributed by atoms with Crippen LogP contribution in [0.3, 0.4) is 0 Å². The molecular weight excluding hydrogens is 376 g/mol. The molecule has 0 radical (unpaired) electrons. The monoisotopic (exact) mass is 400 g/mol. The number of nitrogen functional groups attached to an aromatic ring is 1. The van der Waals surface area contributed by atoms with Gasteiger partial charge in [-0.25, -0.2) is 4.98 Å². The van der Waals surface area contributed by atoms with Crippen molar-refractivity contribution in [3.05, 3.63) is 66.2 Å². The van der Waals surface area contributed by atoms with Gasteiger partial charge in [-0.2, -0.15) is 0 Å². The smallest absolute Gasteiger partial charge is 0.161 e. The quantitative estimate of drug-likeness (QED) is 0.480. The Bertz CT molecular complexity index is 1230. The molecule has 4 aromatic rings. The van der Waals surface area contributed by atoms with E-state index in [1.807, 2.05) is 48.5 Å². The molecule has 152 valence electrons. The number of ether oxygens (including phenoxy) is 3. The first-order valence-corrected chi connectivity index (χ1v) is 9.62. The summed E-state index contributed by atoms with van der Waals surface area (Å²) in [7, 11) is 4.90. The average molecular weight is 400 g/mol. The Morgan fingerprint density at radius 2 is 1.53 bits per heavy atom. The molecule has 0 atom stereocenters. The van der Waals surface area contributed by atoms with E-state index in [1.54, 1.807) is 21.3 Å². The zero-order valence-corrected chi connectivity index (χ0v) is 17.5. The Labute approximate surface area is 176 Å².